The molecule has 0 saturated heterocycles. The number of Topliss-reactive ketones (excluding diaryl/α,β-unsaturated/α-hetero) is 1. The number of hydrogen-bond acceptors (Lipinski definition) is 2. The number of benzene rings is 2. The van der Waals surface area contributed by atoms with Crippen LogP contribution in [-0.2, 0) is 9.59 Å². The van der Waals surface area contributed by atoms with Crippen LogP contribution < -0.4 is 5.32 Å². The van der Waals surface area contributed by atoms with Crippen molar-refractivity contribution in [3.05, 3.63) is 65.7 Å². The van der Waals surface area contributed by atoms with E-state index in [1.807, 2.05) is 61.5 Å². The van der Waals surface area contributed by atoms with Crippen LogP contribution in [-0.4, -0.2) is 11.7 Å². The average Bonchev–Trinajstić information content (AvgIpc) is 2.49. The number of rotatable bonds is 6. The SMILES string of the molecule is CC(=O)CC(CC(=O)Nc1ccccc1C)c1ccccc1. The van der Waals surface area contributed by atoms with Gasteiger partial charge in [0.25, 0.3) is 0 Å². The molecule has 1 N–H and O–H groups in total. The van der Waals surface area contributed by atoms with Gasteiger partial charge in [-0.15, -0.1) is 0 Å². The summed E-state index contributed by atoms with van der Waals surface area (Å²) in [5, 5.41) is 2.93. The predicted molar refractivity (Wildman–Crippen MR) is 88.9 cm³/mol. The molecule has 0 saturated carbocycles. The van der Waals surface area contributed by atoms with Crippen LogP contribution in [0.25, 0.3) is 0 Å². The van der Waals surface area contributed by atoms with Gasteiger partial charge in [0.1, 0.15) is 5.78 Å². The first-order valence-corrected chi connectivity index (χ1v) is 7.46. The van der Waals surface area contributed by atoms with E-state index < -0.39 is 0 Å². The first-order chi connectivity index (χ1) is 10.6. The molecular formula is C19H21NO2. The van der Waals surface area contributed by atoms with Crippen molar-refractivity contribution in [1.82, 2.24) is 0 Å². The highest BCUT2D eigenvalue weighted by molar-refractivity contribution is 5.92. The van der Waals surface area contributed by atoms with E-state index in [0.29, 0.717) is 12.8 Å². The summed E-state index contributed by atoms with van der Waals surface area (Å²) < 4.78 is 0. The summed E-state index contributed by atoms with van der Waals surface area (Å²) in [5.41, 5.74) is 2.87. The molecule has 0 heterocycles. The van der Waals surface area contributed by atoms with E-state index in [2.05, 4.69) is 5.32 Å². The number of para-hydroxylation sites is 1. The van der Waals surface area contributed by atoms with Gasteiger partial charge in [0.05, 0.1) is 0 Å². The van der Waals surface area contributed by atoms with Gasteiger partial charge in [0, 0.05) is 18.5 Å². The fraction of sp³-hybridized carbons (Fsp3) is 0.263. The molecule has 2 aromatic rings. The Bertz CT molecular complexity index is 649. The Labute approximate surface area is 131 Å². The first kappa shape index (κ1) is 16.0. The molecule has 2 aromatic carbocycles. The number of aryl methyl sites for hydroxylation is 1. The summed E-state index contributed by atoms with van der Waals surface area (Å²) in [6.07, 6.45) is 0.684. The standard InChI is InChI=1S/C19H21NO2/c1-14-8-6-7-11-18(14)20-19(22)13-17(12-15(2)21)16-9-4-3-5-10-16/h3-11,17H,12-13H2,1-2H3,(H,20,22). The van der Waals surface area contributed by atoms with E-state index in [9.17, 15) is 9.59 Å². The normalized spacial score (nSPS) is 11.7. The molecule has 0 aliphatic heterocycles. The molecule has 0 spiro atoms. The maximum Gasteiger partial charge on any atom is 0.225 e. The summed E-state index contributed by atoms with van der Waals surface area (Å²) >= 11 is 0. The molecule has 0 fully saturated rings. The number of anilines is 1. The fourth-order valence-corrected chi connectivity index (χ4v) is 2.52. The lowest BCUT2D eigenvalue weighted by atomic mass is 9.90. The second kappa shape index (κ2) is 7.55. The molecule has 0 aliphatic carbocycles. The Hall–Kier alpha value is -2.42. The van der Waals surface area contributed by atoms with E-state index in [1.54, 1.807) is 6.92 Å². The third kappa shape index (κ3) is 4.55. The van der Waals surface area contributed by atoms with Gasteiger partial charge in [0.2, 0.25) is 5.91 Å². The molecular weight excluding hydrogens is 274 g/mol. The molecule has 1 atom stereocenters. The fourth-order valence-electron chi connectivity index (χ4n) is 2.52. The van der Waals surface area contributed by atoms with Gasteiger partial charge >= 0.3 is 0 Å². The van der Waals surface area contributed by atoms with Crippen LogP contribution in [0.3, 0.4) is 0 Å². The number of nitrogens with one attached hydrogen (secondary N) is 1. The molecule has 0 aromatic heterocycles. The Kier molecular flexibility index (Phi) is 5.48. The van der Waals surface area contributed by atoms with Gasteiger partial charge in [0.15, 0.2) is 0 Å². The molecule has 0 aliphatic rings. The second-order valence-corrected chi connectivity index (χ2v) is 5.58. The molecule has 0 radical (unpaired) electrons. The van der Waals surface area contributed by atoms with Crippen LogP contribution in [0.2, 0.25) is 0 Å². The molecule has 2 rings (SSSR count). The van der Waals surface area contributed by atoms with Crippen molar-refractivity contribution in [1.29, 1.82) is 0 Å². The van der Waals surface area contributed by atoms with E-state index >= 15 is 0 Å². The minimum absolute atomic E-state index is 0.0654. The highest BCUT2D eigenvalue weighted by Crippen LogP contribution is 2.24. The molecule has 1 unspecified atom stereocenters. The second-order valence-electron chi connectivity index (χ2n) is 5.58. The predicted octanol–water partition coefficient (Wildman–Crippen LogP) is 4.09. The summed E-state index contributed by atoms with van der Waals surface area (Å²) in [4.78, 5) is 23.8. The molecule has 0 bridgehead atoms. The zero-order chi connectivity index (χ0) is 15.9. The lowest BCUT2D eigenvalue weighted by Crippen LogP contribution is -2.17. The zero-order valence-corrected chi connectivity index (χ0v) is 13.0. The lowest BCUT2D eigenvalue weighted by molar-refractivity contribution is -0.118. The van der Waals surface area contributed by atoms with Crippen molar-refractivity contribution >= 4 is 17.4 Å². The van der Waals surface area contributed by atoms with Gasteiger partial charge in [-0.05, 0) is 37.0 Å². The van der Waals surface area contributed by atoms with Crippen LogP contribution in [0.15, 0.2) is 54.6 Å². The highest BCUT2D eigenvalue weighted by atomic mass is 16.1. The van der Waals surface area contributed by atoms with Crippen molar-refractivity contribution in [2.75, 3.05) is 5.32 Å². The van der Waals surface area contributed by atoms with Crippen molar-refractivity contribution < 1.29 is 9.59 Å². The maximum absolute atomic E-state index is 12.3. The quantitative estimate of drug-likeness (QED) is 0.872. The summed E-state index contributed by atoms with van der Waals surface area (Å²) in [6, 6.07) is 17.4. The minimum Gasteiger partial charge on any atom is -0.326 e. The minimum atomic E-state index is -0.0808. The molecule has 114 valence electrons. The van der Waals surface area contributed by atoms with Crippen LogP contribution in [0.5, 0.6) is 0 Å². The topological polar surface area (TPSA) is 46.2 Å². The Balaban J connectivity index is 2.08. The van der Waals surface area contributed by atoms with Crippen LogP contribution >= 0.6 is 0 Å². The van der Waals surface area contributed by atoms with Crippen molar-refractivity contribution in [2.45, 2.75) is 32.6 Å². The number of ketones is 1. The number of carbonyl (C=O) groups excluding carboxylic acids is 2. The largest absolute Gasteiger partial charge is 0.326 e. The van der Waals surface area contributed by atoms with Crippen molar-refractivity contribution in [3.8, 4) is 0 Å². The monoisotopic (exact) mass is 295 g/mol. The average molecular weight is 295 g/mol. The molecule has 22 heavy (non-hydrogen) atoms. The van der Waals surface area contributed by atoms with Gasteiger partial charge in [-0.25, -0.2) is 0 Å². The van der Waals surface area contributed by atoms with Crippen LogP contribution in [0.1, 0.15) is 36.8 Å². The zero-order valence-electron chi connectivity index (χ0n) is 13.0. The molecule has 3 heteroatoms. The molecule has 3 nitrogen and oxygen atoms in total. The molecule has 1 amide bonds. The summed E-state index contributed by atoms with van der Waals surface area (Å²) in [7, 11) is 0. The maximum atomic E-state index is 12.3. The Morgan fingerprint density at radius 3 is 2.23 bits per heavy atom. The van der Waals surface area contributed by atoms with E-state index in [0.717, 1.165) is 16.8 Å². The lowest BCUT2D eigenvalue weighted by Gasteiger charge is -2.16. The van der Waals surface area contributed by atoms with Gasteiger partial charge in [-0.3, -0.25) is 4.79 Å². The van der Waals surface area contributed by atoms with Crippen LogP contribution in [0, 0.1) is 6.92 Å². The van der Waals surface area contributed by atoms with E-state index in [-0.39, 0.29) is 17.6 Å². The van der Waals surface area contributed by atoms with E-state index in [1.165, 1.54) is 0 Å². The first-order valence-electron chi connectivity index (χ1n) is 7.46. The number of hydrogen-bond donors (Lipinski definition) is 1. The van der Waals surface area contributed by atoms with Gasteiger partial charge in [-0.1, -0.05) is 48.5 Å². The van der Waals surface area contributed by atoms with E-state index in [4.69, 9.17) is 0 Å². The Morgan fingerprint density at radius 2 is 1.59 bits per heavy atom. The van der Waals surface area contributed by atoms with Crippen molar-refractivity contribution in [2.24, 2.45) is 0 Å². The third-order valence-electron chi connectivity index (χ3n) is 3.66. The van der Waals surface area contributed by atoms with Gasteiger partial charge in [-0.2, -0.15) is 0 Å². The summed E-state index contributed by atoms with van der Waals surface area (Å²) in [5.74, 6) is -0.0512. The highest BCUT2D eigenvalue weighted by Gasteiger charge is 2.18. The van der Waals surface area contributed by atoms with Crippen LogP contribution in [0.4, 0.5) is 5.69 Å². The van der Waals surface area contributed by atoms with Crippen molar-refractivity contribution in [3.63, 3.8) is 0 Å². The number of carbonyl (C=O) groups is 2. The summed E-state index contributed by atoms with van der Waals surface area (Å²) in [6.45, 7) is 3.52. The van der Waals surface area contributed by atoms with Gasteiger partial charge < -0.3 is 10.1 Å². The smallest absolute Gasteiger partial charge is 0.225 e. The Morgan fingerprint density at radius 1 is 0.955 bits per heavy atom. The third-order valence-corrected chi connectivity index (χ3v) is 3.66. The number of amides is 1.